The highest BCUT2D eigenvalue weighted by atomic mass is 16.5. The highest BCUT2D eigenvalue weighted by molar-refractivity contribution is 5.80. The number of rotatable bonds is 7. The Hall–Kier alpha value is -1.82. The van der Waals surface area contributed by atoms with Crippen LogP contribution in [0.2, 0.25) is 0 Å². The molecule has 1 aromatic rings. The van der Waals surface area contributed by atoms with Gasteiger partial charge in [0.1, 0.15) is 11.7 Å². The first-order valence-corrected chi connectivity index (χ1v) is 7.05. The van der Waals surface area contributed by atoms with E-state index in [1.54, 1.807) is 7.11 Å². The van der Waals surface area contributed by atoms with Gasteiger partial charge in [-0.05, 0) is 17.0 Å². The molecule has 0 radical (unpaired) electrons. The van der Waals surface area contributed by atoms with Crippen LogP contribution in [0.15, 0.2) is 23.5 Å². The summed E-state index contributed by atoms with van der Waals surface area (Å²) in [6.07, 6.45) is 2.38. The van der Waals surface area contributed by atoms with Crippen LogP contribution < -0.4 is 10.6 Å². The average molecular weight is 294 g/mol. The first kappa shape index (κ1) is 17.2. The summed E-state index contributed by atoms with van der Waals surface area (Å²) in [6.45, 7) is 8.40. The Bertz CT molecular complexity index is 452. The summed E-state index contributed by atoms with van der Waals surface area (Å²) in [7, 11) is 1.66. The van der Waals surface area contributed by atoms with Crippen molar-refractivity contribution in [1.82, 2.24) is 4.98 Å². The number of nitrogens with zero attached hydrogens (tertiary/aromatic N) is 3. The molecule has 0 aliphatic carbocycles. The van der Waals surface area contributed by atoms with Crippen LogP contribution in [0.4, 0.5) is 5.82 Å². The first-order chi connectivity index (χ1) is 9.88. The average Bonchev–Trinajstić information content (AvgIpc) is 2.46. The second-order valence-electron chi connectivity index (χ2n) is 5.98. The minimum atomic E-state index is 0.0802. The Kier molecular flexibility index (Phi) is 6.42. The van der Waals surface area contributed by atoms with Crippen LogP contribution in [0.5, 0.6) is 0 Å². The largest absolute Gasteiger partial charge is 0.409 e. The van der Waals surface area contributed by atoms with Crippen molar-refractivity contribution in [2.24, 2.45) is 10.9 Å². The molecule has 0 aliphatic heterocycles. The number of amidine groups is 1. The Labute approximate surface area is 126 Å². The van der Waals surface area contributed by atoms with Crippen molar-refractivity contribution >= 4 is 11.7 Å². The number of ether oxygens (including phenoxy) is 1. The van der Waals surface area contributed by atoms with E-state index in [9.17, 15) is 0 Å². The molecule has 0 saturated heterocycles. The number of nitrogens with two attached hydrogens (primary N) is 1. The second kappa shape index (κ2) is 7.83. The minimum absolute atomic E-state index is 0.0802. The van der Waals surface area contributed by atoms with Crippen molar-refractivity contribution in [1.29, 1.82) is 0 Å². The third-order valence-corrected chi connectivity index (χ3v) is 3.27. The zero-order valence-electron chi connectivity index (χ0n) is 13.3. The molecule has 0 amide bonds. The molecule has 1 heterocycles. The van der Waals surface area contributed by atoms with Crippen LogP contribution in [0.3, 0.4) is 0 Å². The van der Waals surface area contributed by atoms with E-state index in [1.165, 1.54) is 5.56 Å². The molecule has 6 heteroatoms. The van der Waals surface area contributed by atoms with Crippen LogP contribution in [-0.2, 0) is 10.2 Å². The molecule has 1 rings (SSSR count). The van der Waals surface area contributed by atoms with Crippen LogP contribution in [-0.4, -0.2) is 42.8 Å². The summed E-state index contributed by atoms with van der Waals surface area (Å²) < 4.78 is 5.12. The topological polar surface area (TPSA) is 84.0 Å². The fourth-order valence-corrected chi connectivity index (χ4v) is 1.86. The number of methoxy groups -OCH3 is 1. The van der Waals surface area contributed by atoms with E-state index in [1.807, 2.05) is 12.3 Å². The van der Waals surface area contributed by atoms with Gasteiger partial charge in [-0.3, -0.25) is 0 Å². The number of aromatic nitrogens is 1. The Morgan fingerprint density at radius 1 is 1.38 bits per heavy atom. The molecule has 0 spiro atoms. The van der Waals surface area contributed by atoms with Gasteiger partial charge in [0, 0.05) is 32.8 Å². The number of hydrogen-bond donors (Lipinski definition) is 2. The van der Waals surface area contributed by atoms with Crippen molar-refractivity contribution in [3.8, 4) is 0 Å². The molecule has 6 nitrogen and oxygen atoms in total. The fourth-order valence-electron chi connectivity index (χ4n) is 1.86. The molecular weight excluding hydrogens is 268 g/mol. The normalized spacial score (nSPS) is 12.5. The SMILES string of the molecule is COCCN(CC/C(N)=N/O)c1ccc(C(C)(C)C)cn1. The number of pyridine rings is 1. The van der Waals surface area contributed by atoms with Crippen molar-refractivity contribution in [3.05, 3.63) is 23.9 Å². The maximum absolute atomic E-state index is 8.62. The van der Waals surface area contributed by atoms with Gasteiger partial charge >= 0.3 is 0 Å². The summed E-state index contributed by atoms with van der Waals surface area (Å²) in [5.41, 5.74) is 6.80. The molecule has 0 unspecified atom stereocenters. The quantitative estimate of drug-likeness (QED) is 0.347. The fraction of sp³-hybridized carbons (Fsp3) is 0.600. The molecule has 0 aliphatic rings. The summed E-state index contributed by atoms with van der Waals surface area (Å²) in [5.74, 6) is 1.08. The standard InChI is InChI=1S/C15H26N4O2/c1-15(2,3)12-5-6-14(17-11-12)19(9-10-21-4)8-7-13(16)18-20/h5-6,11,20H,7-10H2,1-4H3,(H2,16,18). The van der Waals surface area contributed by atoms with E-state index in [0.29, 0.717) is 26.1 Å². The molecule has 118 valence electrons. The van der Waals surface area contributed by atoms with Crippen LogP contribution in [0.25, 0.3) is 0 Å². The van der Waals surface area contributed by atoms with Gasteiger partial charge in [0.25, 0.3) is 0 Å². The Morgan fingerprint density at radius 3 is 2.57 bits per heavy atom. The van der Waals surface area contributed by atoms with Crippen LogP contribution in [0, 0.1) is 0 Å². The Morgan fingerprint density at radius 2 is 2.10 bits per heavy atom. The van der Waals surface area contributed by atoms with Crippen molar-refractivity contribution in [3.63, 3.8) is 0 Å². The third kappa shape index (κ3) is 5.59. The summed E-state index contributed by atoms with van der Waals surface area (Å²) in [5, 5.41) is 11.6. The third-order valence-electron chi connectivity index (χ3n) is 3.27. The van der Waals surface area contributed by atoms with Gasteiger partial charge in [-0.15, -0.1) is 0 Å². The molecule has 0 aromatic carbocycles. The number of hydrogen-bond acceptors (Lipinski definition) is 5. The zero-order chi connectivity index (χ0) is 15.9. The van der Waals surface area contributed by atoms with E-state index in [-0.39, 0.29) is 11.3 Å². The molecular formula is C15H26N4O2. The molecule has 0 fully saturated rings. The molecule has 0 atom stereocenters. The lowest BCUT2D eigenvalue weighted by molar-refractivity contribution is 0.205. The lowest BCUT2D eigenvalue weighted by atomic mass is 9.88. The first-order valence-electron chi connectivity index (χ1n) is 7.05. The van der Waals surface area contributed by atoms with Gasteiger partial charge in [-0.25, -0.2) is 4.98 Å². The molecule has 21 heavy (non-hydrogen) atoms. The van der Waals surface area contributed by atoms with Crippen LogP contribution in [0.1, 0.15) is 32.8 Å². The predicted molar refractivity (Wildman–Crippen MR) is 85.1 cm³/mol. The number of oxime groups is 1. The molecule has 0 saturated carbocycles. The van der Waals surface area contributed by atoms with Crippen molar-refractivity contribution in [2.75, 3.05) is 31.7 Å². The number of anilines is 1. The summed E-state index contributed by atoms with van der Waals surface area (Å²) >= 11 is 0. The van der Waals surface area contributed by atoms with Gasteiger partial charge in [-0.2, -0.15) is 0 Å². The van der Waals surface area contributed by atoms with Gasteiger partial charge in [0.15, 0.2) is 0 Å². The summed E-state index contributed by atoms with van der Waals surface area (Å²) in [4.78, 5) is 6.59. The van der Waals surface area contributed by atoms with Crippen molar-refractivity contribution in [2.45, 2.75) is 32.6 Å². The lowest BCUT2D eigenvalue weighted by Gasteiger charge is -2.25. The van der Waals surface area contributed by atoms with Crippen LogP contribution >= 0.6 is 0 Å². The highest BCUT2D eigenvalue weighted by Gasteiger charge is 2.15. The van der Waals surface area contributed by atoms with E-state index in [2.05, 4.69) is 41.9 Å². The lowest BCUT2D eigenvalue weighted by Crippen LogP contribution is -2.32. The molecule has 1 aromatic heterocycles. The van der Waals surface area contributed by atoms with E-state index in [4.69, 9.17) is 15.7 Å². The molecule has 0 bridgehead atoms. The van der Waals surface area contributed by atoms with Gasteiger partial charge in [0.05, 0.1) is 6.61 Å². The van der Waals surface area contributed by atoms with E-state index in [0.717, 1.165) is 5.82 Å². The van der Waals surface area contributed by atoms with E-state index >= 15 is 0 Å². The summed E-state index contributed by atoms with van der Waals surface area (Å²) in [6, 6.07) is 4.09. The zero-order valence-corrected chi connectivity index (χ0v) is 13.3. The molecule has 3 N–H and O–H groups in total. The Balaban J connectivity index is 2.82. The monoisotopic (exact) mass is 294 g/mol. The minimum Gasteiger partial charge on any atom is -0.409 e. The maximum atomic E-state index is 8.62. The van der Waals surface area contributed by atoms with Gasteiger partial charge < -0.3 is 20.6 Å². The van der Waals surface area contributed by atoms with Gasteiger partial charge in [0.2, 0.25) is 0 Å². The predicted octanol–water partition coefficient (Wildman–Crippen LogP) is 1.97. The van der Waals surface area contributed by atoms with Gasteiger partial charge in [-0.1, -0.05) is 32.0 Å². The van der Waals surface area contributed by atoms with E-state index < -0.39 is 0 Å². The maximum Gasteiger partial charge on any atom is 0.140 e. The second-order valence-corrected chi connectivity index (χ2v) is 5.98. The smallest absolute Gasteiger partial charge is 0.140 e. The highest BCUT2D eigenvalue weighted by Crippen LogP contribution is 2.23. The van der Waals surface area contributed by atoms with Crippen molar-refractivity contribution < 1.29 is 9.94 Å².